The molecule has 3 nitrogen and oxygen atoms in total. The third-order valence-electron chi connectivity index (χ3n) is 2.00. The average Bonchev–Trinajstić information content (AvgIpc) is 2.04. The van der Waals surface area contributed by atoms with Gasteiger partial charge < -0.3 is 9.47 Å². The van der Waals surface area contributed by atoms with E-state index in [1.807, 2.05) is 0 Å². The summed E-state index contributed by atoms with van der Waals surface area (Å²) in [6.07, 6.45) is -4.93. The molecule has 0 bridgehead atoms. The molecule has 0 aliphatic carbocycles. The Kier molecular flexibility index (Phi) is 4.38. The Morgan fingerprint density at radius 2 is 2.00 bits per heavy atom. The molecule has 1 aliphatic heterocycles. The van der Waals surface area contributed by atoms with Crippen molar-refractivity contribution in [3.05, 3.63) is 0 Å². The standard InChI is InChI=1S/C9H13F3O3/c10-9(11,12)4-2-1-3-8(13)15-7-5-14-6-7/h7H,1-6H2. The van der Waals surface area contributed by atoms with Crippen molar-refractivity contribution in [2.24, 2.45) is 0 Å². The van der Waals surface area contributed by atoms with Gasteiger partial charge in [-0.15, -0.1) is 0 Å². The monoisotopic (exact) mass is 226 g/mol. The molecule has 1 saturated heterocycles. The molecule has 0 aromatic heterocycles. The molecule has 0 aromatic carbocycles. The molecule has 6 heteroatoms. The van der Waals surface area contributed by atoms with Crippen molar-refractivity contribution in [3.8, 4) is 0 Å². The largest absolute Gasteiger partial charge is 0.457 e. The molecule has 15 heavy (non-hydrogen) atoms. The van der Waals surface area contributed by atoms with Crippen LogP contribution in [0, 0.1) is 0 Å². The minimum Gasteiger partial charge on any atom is -0.457 e. The highest BCUT2D eigenvalue weighted by Crippen LogP contribution is 2.22. The zero-order chi connectivity index (χ0) is 11.3. The van der Waals surface area contributed by atoms with Crippen LogP contribution in [0.1, 0.15) is 25.7 Å². The molecule has 88 valence electrons. The van der Waals surface area contributed by atoms with E-state index in [0.717, 1.165) is 0 Å². The zero-order valence-electron chi connectivity index (χ0n) is 8.18. The Bertz CT molecular complexity index is 211. The van der Waals surface area contributed by atoms with Crippen LogP contribution in [0.3, 0.4) is 0 Å². The van der Waals surface area contributed by atoms with Gasteiger partial charge in [0.2, 0.25) is 0 Å². The van der Waals surface area contributed by atoms with Gasteiger partial charge in [-0.05, 0) is 12.8 Å². The van der Waals surface area contributed by atoms with E-state index in [1.54, 1.807) is 0 Å². The molecule has 1 fully saturated rings. The second-order valence-corrected chi connectivity index (χ2v) is 3.47. The Labute approximate surface area is 85.5 Å². The number of halogens is 3. The van der Waals surface area contributed by atoms with Crippen LogP contribution in [0.25, 0.3) is 0 Å². The molecule has 0 amide bonds. The van der Waals surface area contributed by atoms with Gasteiger partial charge in [0.05, 0.1) is 13.2 Å². The molecule has 1 rings (SSSR count). The molecule has 0 spiro atoms. The topological polar surface area (TPSA) is 35.5 Å². The lowest BCUT2D eigenvalue weighted by molar-refractivity contribution is -0.172. The summed E-state index contributed by atoms with van der Waals surface area (Å²) in [5.74, 6) is -0.439. The van der Waals surface area contributed by atoms with Crippen LogP contribution in [0.15, 0.2) is 0 Å². The van der Waals surface area contributed by atoms with Gasteiger partial charge in [0.1, 0.15) is 6.10 Å². The SMILES string of the molecule is O=C(CCCCC(F)(F)F)OC1COC1. The van der Waals surface area contributed by atoms with Crippen molar-refractivity contribution >= 4 is 5.97 Å². The van der Waals surface area contributed by atoms with Crippen molar-refractivity contribution in [2.45, 2.75) is 38.0 Å². The van der Waals surface area contributed by atoms with Crippen LogP contribution in [0.2, 0.25) is 0 Å². The molecule has 0 atom stereocenters. The van der Waals surface area contributed by atoms with E-state index in [9.17, 15) is 18.0 Å². The summed E-state index contributed by atoms with van der Waals surface area (Å²) in [6, 6.07) is 0. The van der Waals surface area contributed by atoms with Crippen LogP contribution >= 0.6 is 0 Å². The van der Waals surface area contributed by atoms with Crippen LogP contribution in [-0.2, 0) is 14.3 Å². The fourth-order valence-corrected chi connectivity index (χ4v) is 1.12. The van der Waals surface area contributed by atoms with Crippen molar-refractivity contribution in [3.63, 3.8) is 0 Å². The lowest BCUT2D eigenvalue weighted by atomic mass is 10.2. The second kappa shape index (κ2) is 5.34. The zero-order valence-corrected chi connectivity index (χ0v) is 8.18. The van der Waals surface area contributed by atoms with Gasteiger partial charge in [-0.1, -0.05) is 0 Å². The summed E-state index contributed by atoms with van der Waals surface area (Å²) < 4.78 is 44.8. The Morgan fingerprint density at radius 1 is 1.33 bits per heavy atom. The van der Waals surface area contributed by atoms with E-state index in [4.69, 9.17) is 9.47 Å². The van der Waals surface area contributed by atoms with Gasteiger partial charge in [-0.25, -0.2) is 0 Å². The van der Waals surface area contributed by atoms with Gasteiger partial charge in [-0.2, -0.15) is 13.2 Å². The van der Waals surface area contributed by atoms with Gasteiger partial charge in [0, 0.05) is 12.8 Å². The first-order chi connectivity index (χ1) is 6.97. The number of unbranched alkanes of at least 4 members (excludes halogenated alkanes) is 1. The fourth-order valence-electron chi connectivity index (χ4n) is 1.12. The third-order valence-corrected chi connectivity index (χ3v) is 2.00. The van der Waals surface area contributed by atoms with Gasteiger partial charge >= 0.3 is 12.1 Å². The predicted octanol–water partition coefficient (Wildman–Crippen LogP) is 2.05. The fraction of sp³-hybridized carbons (Fsp3) is 0.889. The smallest absolute Gasteiger partial charge is 0.389 e. The van der Waals surface area contributed by atoms with E-state index in [1.165, 1.54) is 0 Å². The lowest BCUT2D eigenvalue weighted by Crippen LogP contribution is -2.37. The van der Waals surface area contributed by atoms with Crippen LogP contribution < -0.4 is 0 Å². The molecular formula is C9H13F3O3. The molecule has 0 unspecified atom stereocenters. The highest BCUT2D eigenvalue weighted by Gasteiger charge is 2.26. The summed E-state index contributed by atoms with van der Waals surface area (Å²) in [6.45, 7) is 0.794. The number of alkyl halides is 3. The minimum atomic E-state index is -4.13. The molecule has 0 radical (unpaired) electrons. The highest BCUT2D eigenvalue weighted by atomic mass is 19.4. The lowest BCUT2D eigenvalue weighted by Gasteiger charge is -2.25. The van der Waals surface area contributed by atoms with Crippen molar-refractivity contribution < 1.29 is 27.4 Å². The minimum absolute atomic E-state index is 0.0280. The number of carbonyl (C=O) groups excluding carboxylic acids is 1. The maximum Gasteiger partial charge on any atom is 0.389 e. The quantitative estimate of drug-likeness (QED) is 0.531. The van der Waals surface area contributed by atoms with Crippen LogP contribution in [-0.4, -0.2) is 31.5 Å². The summed E-state index contributed by atoms with van der Waals surface area (Å²) in [7, 11) is 0. The Morgan fingerprint density at radius 3 is 2.47 bits per heavy atom. The van der Waals surface area contributed by atoms with Gasteiger partial charge in [0.15, 0.2) is 0 Å². The highest BCUT2D eigenvalue weighted by molar-refractivity contribution is 5.69. The first kappa shape index (κ1) is 12.3. The number of carbonyl (C=O) groups is 1. The normalized spacial score (nSPS) is 17.3. The van der Waals surface area contributed by atoms with Crippen LogP contribution in [0.5, 0.6) is 0 Å². The summed E-state index contributed by atoms with van der Waals surface area (Å²) in [5, 5.41) is 0. The van der Waals surface area contributed by atoms with E-state index in [0.29, 0.717) is 13.2 Å². The molecule has 0 aromatic rings. The number of hydrogen-bond acceptors (Lipinski definition) is 3. The van der Waals surface area contributed by atoms with Crippen molar-refractivity contribution in [2.75, 3.05) is 13.2 Å². The van der Waals surface area contributed by atoms with E-state index in [-0.39, 0.29) is 25.4 Å². The molecule has 0 saturated carbocycles. The van der Waals surface area contributed by atoms with E-state index >= 15 is 0 Å². The maximum atomic E-state index is 11.7. The summed E-state index contributed by atoms with van der Waals surface area (Å²) >= 11 is 0. The maximum absolute atomic E-state index is 11.7. The summed E-state index contributed by atoms with van der Waals surface area (Å²) in [4.78, 5) is 11.0. The van der Waals surface area contributed by atoms with Gasteiger partial charge in [0.25, 0.3) is 0 Å². The Balaban J connectivity index is 1.97. The average molecular weight is 226 g/mol. The summed E-state index contributed by atoms with van der Waals surface area (Å²) in [5.41, 5.74) is 0. The predicted molar refractivity (Wildman–Crippen MR) is 45.2 cm³/mol. The first-order valence-corrected chi connectivity index (χ1v) is 4.81. The number of ether oxygens (including phenoxy) is 2. The Hall–Kier alpha value is -0.780. The van der Waals surface area contributed by atoms with Gasteiger partial charge in [-0.3, -0.25) is 4.79 Å². The molecular weight excluding hydrogens is 213 g/mol. The first-order valence-electron chi connectivity index (χ1n) is 4.81. The second-order valence-electron chi connectivity index (χ2n) is 3.47. The third kappa shape index (κ3) is 5.61. The number of esters is 1. The van der Waals surface area contributed by atoms with Crippen molar-refractivity contribution in [1.29, 1.82) is 0 Å². The van der Waals surface area contributed by atoms with Crippen LogP contribution in [0.4, 0.5) is 13.2 Å². The van der Waals surface area contributed by atoms with E-state index < -0.39 is 18.6 Å². The van der Waals surface area contributed by atoms with Crippen molar-refractivity contribution in [1.82, 2.24) is 0 Å². The molecule has 1 heterocycles. The molecule has 0 N–H and O–H groups in total. The number of rotatable bonds is 5. The number of hydrogen-bond donors (Lipinski definition) is 0. The van der Waals surface area contributed by atoms with E-state index in [2.05, 4.69) is 0 Å². The molecule has 1 aliphatic rings.